The molecule has 1 aliphatic rings. The van der Waals surface area contributed by atoms with E-state index < -0.39 is 27.4 Å². The van der Waals surface area contributed by atoms with Crippen LogP contribution in [0.1, 0.15) is 12.7 Å². The number of nitrogens with zero attached hydrogens (tertiary/aromatic N) is 1. The van der Waals surface area contributed by atoms with Gasteiger partial charge in [0.25, 0.3) is 10.0 Å². The molecule has 2 rings (SSSR count). The summed E-state index contributed by atoms with van der Waals surface area (Å²) in [7, 11) is -3.84. The molecule has 1 fully saturated rings. The SMILES string of the molecule is Cc1ncc(S(=O)(=O)NC2COCC2(C)C(=O)O)[nH]1. The van der Waals surface area contributed by atoms with E-state index in [2.05, 4.69) is 14.7 Å². The van der Waals surface area contributed by atoms with Gasteiger partial charge in [-0.15, -0.1) is 0 Å². The molecular weight excluding hydrogens is 274 g/mol. The zero-order valence-electron chi connectivity index (χ0n) is 10.5. The Morgan fingerprint density at radius 2 is 2.37 bits per heavy atom. The first-order valence-corrected chi connectivity index (χ1v) is 7.09. The minimum Gasteiger partial charge on any atom is -0.481 e. The van der Waals surface area contributed by atoms with Gasteiger partial charge in [0.1, 0.15) is 11.2 Å². The number of sulfonamides is 1. The number of aryl methyl sites for hydroxylation is 1. The normalized spacial score (nSPS) is 27.6. The van der Waals surface area contributed by atoms with Gasteiger partial charge in [0.05, 0.1) is 25.5 Å². The number of aromatic nitrogens is 2. The molecular formula is C10H15N3O5S. The van der Waals surface area contributed by atoms with Gasteiger partial charge in [-0.1, -0.05) is 0 Å². The third-order valence-electron chi connectivity index (χ3n) is 3.21. The summed E-state index contributed by atoms with van der Waals surface area (Å²) in [5.41, 5.74) is -1.28. The van der Waals surface area contributed by atoms with E-state index in [1.54, 1.807) is 6.92 Å². The lowest BCUT2D eigenvalue weighted by Gasteiger charge is -2.24. The summed E-state index contributed by atoms with van der Waals surface area (Å²) in [6.45, 7) is 3.07. The Labute approximate surface area is 110 Å². The van der Waals surface area contributed by atoms with E-state index >= 15 is 0 Å². The molecule has 2 unspecified atom stereocenters. The zero-order chi connectivity index (χ0) is 14.3. The van der Waals surface area contributed by atoms with Crippen molar-refractivity contribution in [3.05, 3.63) is 12.0 Å². The standard InChI is InChI=1S/C10H15N3O5S/c1-6-11-3-8(12-6)19(16,17)13-7-4-18-5-10(7,2)9(14)15/h3,7,13H,4-5H2,1-2H3,(H,11,12)(H,14,15). The highest BCUT2D eigenvalue weighted by Gasteiger charge is 2.48. The van der Waals surface area contributed by atoms with Gasteiger partial charge in [-0.05, 0) is 13.8 Å². The van der Waals surface area contributed by atoms with Crippen LogP contribution in [-0.2, 0) is 19.6 Å². The summed E-state index contributed by atoms with van der Waals surface area (Å²) in [6, 6.07) is -0.821. The van der Waals surface area contributed by atoms with E-state index in [1.165, 1.54) is 13.1 Å². The number of H-pyrrole nitrogens is 1. The average Bonchev–Trinajstić information content (AvgIpc) is 2.87. The van der Waals surface area contributed by atoms with Crippen molar-refractivity contribution in [2.75, 3.05) is 13.2 Å². The molecule has 0 saturated carbocycles. The molecule has 2 atom stereocenters. The fraction of sp³-hybridized carbons (Fsp3) is 0.600. The lowest BCUT2D eigenvalue weighted by atomic mass is 9.86. The maximum absolute atomic E-state index is 12.1. The van der Waals surface area contributed by atoms with Gasteiger partial charge in [-0.25, -0.2) is 18.1 Å². The van der Waals surface area contributed by atoms with Crippen LogP contribution in [0, 0.1) is 12.3 Å². The number of carboxylic acids is 1. The van der Waals surface area contributed by atoms with Crippen LogP contribution in [0.2, 0.25) is 0 Å². The number of rotatable bonds is 4. The van der Waals surface area contributed by atoms with Crippen molar-refractivity contribution >= 4 is 16.0 Å². The maximum atomic E-state index is 12.1. The van der Waals surface area contributed by atoms with Gasteiger partial charge < -0.3 is 14.8 Å². The van der Waals surface area contributed by atoms with E-state index in [0.29, 0.717) is 5.82 Å². The number of aliphatic carboxylic acids is 1. The van der Waals surface area contributed by atoms with Crippen LogP contribution in [0.25, 0.3) is 0 Å². The van der Waals surface area contributed by atoms with E-state index in [4.69, 9.17) is 4.74 Å². The van der Waals surface area contributed by atoms with Crippen LogP contribution in [0.4, 0.5) is 0 Å². The van der Waals surface area contributed by atoms with Crippen LogP contribution in [0.5, 0.6) is 0 Å². The number of imidazole rings is 1. The maximum Gasteiger partial charge on any atom is 0.313 e. The second kappa shape index (κ2) is 4.58. The monoisotopic (exact) mass is 289 g/mol. The first kappa shape index (κ1) is 14.0. The quantitative estimate of drug-likeness (QED) is 0.686. The molecule has 1 aromatic heterocycles. The number of aromatic amines is 1. The number of carbonyl (C=O) groups is 1. The summed E-state index contributed by atoms with van der Waals surface area (Å²) in [5.74, 6) is -0.637. The molecule has 0 aromatic carbocycles. The molecule has 1 aromatic rings. The Bertz CT molecular complexity index is 596. The molecule has 0 amide bonds. The summed E-state index contributed by atoms with van der Waals surface area (Å²) >= 11 is 0. The van der Waals surface area contributed by atoms with Crippen molar-refractivity contribution in [2.45, 2.75) is 24.9 Å². The molecule has 8 nitrogen and oxygen atoms in total. The number of nitrogens with one attached hydrogen (secondary N) is 2. The predicted octanol–water partition coefficient (Wildman–Crippen LogP) is -0.514. The molecule has 3 N–H and O–H groups in total. The van der Waals surface area contributed by atoms with Crippen LogP contribution >= 0.6 is 0 Å². The smallest absolute Gasteiger partial charge is 0.313 e. The van der Waals surface area contributed by atoms with Crippen LogP contribution in [0.3, 0.4) is 0 Å². The molecule has 9 heteroatoms. The van der Waals surface area contributed by atoms with Gasteiger partial charge in [-0.2, -0.15) is 0 Å². The van der Waals surface area contributed by atoms with E-state index in [-0.39, 0.29) is 18.2 Å². The van der Waals surface area contributed by atoms with Gasteiger partial charge in [0, 0.05) is 0 Å². The van der Waals surface area contributed by atoms with Gasteiger partial charge in [0.2, 0.25) is 0 Å². The van der Waals surface area contributed by atoms with E-state index in [0.717, 1.165) is 0 Å². The summed E-state index contributed by atoms with van der Waals surface area (Å²) in [6.07, 6.45) is 1.19. The third-order valence-corrected chi connectivity index (χ3v) is 4.59. The summed E-state index contributed by atoms with van der Waals surface area (Å²) in [4.78, 5) is 17.6. The Morgan fingerprint density at radius 1 is 1.68 bits per heavy atom. The average molecular weight is 289 g/mol. The van der Waals surface area contributed by atoms with Gasteiger partial charge in [-0.3, -0.25) is 4.79 Å². The van der Waals surface area contributed by atoms with Crippen molar-refractivity contribution in [3.63, 3.8) is 0 Å². The topological polar surface area (TPSA) is 121 Å². The minimum absolute atomic E-state index is 0.0230. The number of hydrogen-bond donors (Lipinski definition) is 3. The van der Waals surface area contributed by atoms with Crippen LogP contribution in [0.15, 0.2) is 11.2 Å². The first-order chi connectivity index (χ1) is 8.75. The Morgan fingerprint density at radius 3 is 2.89 bits per heavy atom. The zero-order valence-corrected chi connectivity index (χ0v) is 11.3. The molecule has 0 aliphatic carbocycles. The molecule has 1 saturated heterocycles. The lowest BCUT2D eigenvalue weighted by molar-refractivity contribution is -0.148. The second-order valence-electron chi connectivity index (χ2n) is 4.74. The molecule has 106 valence electrons. The number of ether oxygens (including phenoxy) is 1. The van der Waals surface area contributed by atoms with Gasteiger partial charge >= 0.3 is 5.97 Å². The predicted molar refractivity (Wildman–Crippen MR) is 64.0 cm³/mol. The molecule has 0 spiro atoms. The van der Waals surface area contributed by atoms with Crippen molar-refractivity contribution in [2.24, 2.45) is 5.41 Å². The van der Waals surface area contributed by atoms with Gasteiger partial charge in [0.15, 0.2) is 5.03 Å². The van der Waals surface area contributed by atoms with Crippen molar-refractivity contribution in [3.8, 4) is 0 Å². The largest absolute Gasteiger partial charge is 0.481 e. The highest BCUT2D eigenvalue weighted by Crippen LogP contribution is 2.29. The Balaban J connectivity index is 2.23. The Hall–Kier alpha value is -1.45. The first-order valence-electron chi connectivity index (χ1n) is 5.61. The van der Waals surface area contributed by atoms with E-state index in [1.807, 2.05) is 0 Å². The molecule has 1 aliphatic heterocycles. The van der Waals surface area contributed by atoms with Crippen molar-refractivity contribution in [1.82, 2.24) is 14.7 Å². The third kappa shape index (κ3) is 2.48. The Kier molecular flexibility index (Phi) is 3.37. The number of hydrogen-bond acceptors (Lipinski definition) is 5. The number of carboxylic acid groups (broad SMARTS) is 1. The van der Waals surface area contributed by atoms with Crippen molar-refractivity contribution < 1.29 is 23.1 Å². The molecule has 0 radical (unpaired) electrons. The highest BCUT2D eigenvalue weighted by molar-refractivity contribution is 7.89. The molecule has 19 heavy (non-hydrogen) atoms. The van der Waals surface area contributed by atoms with Crippen LogP contribution < -0.4 is 4.72 Å². The lowest BCUT2D eigenvalue weighted by Crippen LogP contribution is -2.49. The fourth-order valence-corrected chi connectivity index (χ4v) is 3.14. The van der Waals surface area contributed by atoms with Crippen molar-refractivity contribution in [1.29, 1.82) is 0 Å². The second-order valence-corrected chi connectivity index (χ2v) is 6.43. The highest BCUT2D eigenvalue weighted by atomic mass is 32.2. The fourth-order valence-electron chi connectivity index (χ4n) is 1.83. The molecule has 2 heterocycles. The van der Waals surface area contributed by atoms with E-state index in [9.17, 15) is 18.3 Å². The van der Waals surface area contributed by atoms with Crippen LogP contribution in [-0.4, -0.2) is 48.7 Å². The molecule has 0 bridgehead atoms. The minimum atomic E-state index is -3.84. The summed E-state index contributed by atoms with van der Waals surface area (Å²) < 4.78 is 31.6. The summed E-state index contributed by atoms with van der Waals surface area (Å²) in [5, 5.41) is 9.09.